The van der Waals surface area contributed by atoms with Crippen molar-refractivity contribution in [2.24, 2.45) is 5.73 Å². The highest BCUT2D eigenvalue weighted by atomic mass is 35.5. The highest BCUT2D eigenvalue weighted by Gasteiger charge is 2.05. The lowest BCUT2D eigenvalue weighted by Crippen LogP contribution is -2.19. The van der Waals surface area contributed by atoms with Crippen LogP contribution in [0.15, 0.2) is 24.3 Å². The van der Waals surface area contributed by atoms with Gasteiger partial charge in [-0.1, -0.05) is 23.7 Å². The van der Waals surface area contributed by atoms with Crippen molar-refractivity contribution in [3.05, 3.63) is 29.3 Å². The van der Waals surface area contributed by atoms with Crippen LogP contribution in [0.1, 0.15) is 19.8 Å². The summed E-state index contributed by atoms with van der Waals surface area (Å²) in [6.07, 6.45) is 1.10. The SMILES string of the molecule is CC(N)CCC(=O)Nc1ccccc1Cl.Cl. The smallest absolute Gasteiger partial charge is 0.224 e. The number of nitrogens with one attached hydrogen (secondary N) is 1. The fourth-order valence-electron chi connectivity index (χ4n) is 1.13. The van der Waals surface area contributed by atoms with Gasteiger partial charge in [0.2, 0.25) is 5.91 Å². The van der Waals surface area contributed by atoms with Gasteiger partial charge in [-0.2, -0.15) is 0 Å². The molecular formula is C11H16Cl2N2O. The maximum absolute atomic E-state index is 11.4. The average molecular weight is 263 g/mol. The molecule has 3 nitrogen and oxygen atoms in total. The van der Waals surface area contributed by atoms with Gasteiger partial charge in [-0.3, -0.25) is 4.79 Å². The number of nitrogens with two attached hydrogens (primary N) is 1. The Morgan fingerprint density at radius 3 is 2.69 bits per heavy atom. The van der Waals surface area contributed by atoms with Crippen LogP contribution < -0.4 is 11.1 Å². The number of carbonyl (C=O) groups excluding carboxylic acids is 1. The van der Waals surface area contributed by atoms with E-state index in [-0.39, 0.29) is 24.4 Å². The van der Waals surface area contributed by atoms with Crippen LogP contribution >= 0.6 is 24.0 Å². The summed E-state index contributed by atoms with van der Waals surface area (Å²) in [7, 11) is 0. The zero-order valence-corrected chi connectivity index (χ0v) is 10.6. The molecule has 1 amide bonds. The van der Waals surface area contributed by atoms with Crippen LogP contribution in [0.25, 0.3) is 0 Å². The van der Waals surface area contributed by atoms with Gasteiger partial charge in [-0.25, -0.2) is 0 Å². The molecular weight excluding hydrogens is 247 g/mol. The molecule has 0 heterocycles. The van der Waals surface area contributed by atoms with Gasteiger partial charge >= 0.3 is 0 Å². The lowest BCUT2D eigenvalue weighted by molar-refractivity contribution is -0.116. The Balaban J connectivity index is 0.00000225. The van der Waals surface area contributed by atoms with Crippen LogP contribution in [0, 0.1) is 0 Å². The number of amides is 1. The monoisotopic (exact) mass is 262 g/mol. The first-order valence-electron chi connectivity index (χ1n) is 4.89. The van der Waals surface area contributed by atoms with Crippen LogP contribution in [-0.2, 0) is 4.79 Å². The third-order valence-electron chi connectivity index (χ3n) is 1.97. The van der Waals surface area contributed by atoms with E-state index in [1.54, 1.807) is 12.1 Å². The summed E-state index contributed by atoms with van der Waals surface area (Å²) in [6, 6.07) is 7.20. The number of carbonyl (C=O) groups is 1. The summed E-state index contributed by atoms with van der Waals surface area (Å²) in [6.45, 7) is 1.88. The maximum Gasteiger partial charge on any atom is 0.224 e. The number of anilines is 1. The van der Waals surface area contributed by atoms with Crippen molar-refractivity contribution >= 4 is 35.6 Å². The molecule has 1 aromatic rings. The Kier molecular flexibility index (Phi) is 7.13. The molecule has 0 saturated carbocycles. The molecule has 0 aromatic heterocycles. The summed E-state index contributed by atoms with van der Waals surface area (Å²) >= 11 is 5.89. The van der Waals surface area contributed by atoms with Crippen molar-refractivity contribution in [3.63, 3.8) is 0 Å². The largest absolute Gasteiger partial charge is 0.328 e. The highest BCUT2D eigenvalue weighted by molar-refractivity contribution is 6.33. The van der Waals surface area contributed by atoms with Crippen LogP contribution in [0.4, 0.5) is 5.69 Å². The quantitative estimate of drug-likeness (QED) is 0.877. The normalized spacial score (nSPS) is 11.4. The standard InChI is InChI=1S/C11H15ClN2O.ClH/c1-8(13)6-7-11(15)14-10-5-3-2-4-9(10)12;/h2-5,8H,6-7,13H2,1H3,(H,14,15);1H. The van der Waals surface area contributed by atoms with E-state index in [0.29, 0.717) is 23.6 Å². The topological polar surface area (TPSA) is 55.1 Å². The maximum atomic E-state index is 11.4. The number of hydrogen-bond acceptors (Lipinski definition) is 2. The summed E-state index contributed by atoms with van der Waals surface area (Å²) < 4.78 is 0. The number of hydrogen-bond donors (Lipinski definition) is 2. The van der Waals surface area contributed by atoms with E-state index < -0.39 is 0 Å². The summed E-state index contributed by atoms with van der Waals surface area (Å²) in [4.78, 5) is 11.4. The van der Waals surface area contributed by atoms with Gasteiger partial charge in [0, 0.05) is 12.5 Å². The Labute approximate surface area is 107 Å². The van der Waals surface area contributed by atoms with E-state index in [1.807, 2.05) is 19.1 Å². The second-order valence-electron chi connectivity index (χ2n) is 3.54. The van der Waals surface area contributed by atoms with Crippen LogP contribution in [0.3, 0.4) is 0 Å². The molecule has 0 aliphatic heterocycles. The predicted molar refractivity (Wildman–Crippen MR) is 70.2 cm³/mol. The molecule has 0 fully saturated rings. The predicted octanol–water partition coefficient (Wildman–Crippen LogP) is 2.83. The van der Waals surface area contributed by atoms with Gasteiger partial charge in [0.15, 0.2) is 0 Å². The van der Waals surface area contributed by atoms with Gasteiger partial charge in [-0.15, -0.1) is 12.4 Å². The Morgan fingerprint density at radius 1 is 1.50 bits per heavy atom. The third kappa shape index (κ3) is 5.35. The first kappa shape index (κ1) is 15.2. The number of rotatable bonds is 4. The Morgan fingerprint density at radius 2 is 2.12 bits per heavy atom. The minimum atomic E-state index is -0.0552. The van der Waals surface area contributed by atoms with Crippen molar-refractivity contribution in [2.45, 2.75) is 25.8 Å². The molecule has 1 unspecified atom stereocenters. The molecule has 16 heavy (non-hydrogen) atoms. The molecule has 0 spiro atoms. The van der Waals surface area contributed by atoms with E-state index >= 15 is 0 Å². The Bertz CT molecular complexity index is 343. The zero-order chi connectivity index (χ0) is 11.3. The lowest BCUT2D eigenvalue weighted by atomic mass is 10.2. The van der Waals surface area contributed by atoms with Crippen molar-refractivity contribution in [1.82, 2.24) is 0 Å². The number of benzene rings is 1. The number of para-hydroxylation sites is 1. The average Bonchev–Trinajstić information content (AvgIpc) is 2.18. The summed E-state index contributed by atoms with van der Waals surface area (Å²) in [5.74, 6) is -0.0552. The molecule has 5 heteroatoms. The fraction of sp³-hybridized carbons (Fsp3) is 0.364. The Hall–Kier alpha value is -0.770. The van der Waals surface area contributed by atoms with Gasteiger partial charge in [0.1, 0.15) is 0 Å². The van der Waals surface area contributed by atoms with Crippen molar-refractivity contribution in [3.8, 4) is 0 Å². The number of halogens is 2. The molecule has 0 saturated heterocycles. The van der Waals surface area contributed by atoms with Crippen LogP contribution in [-0.4, -0.2) is 11.9 Å². The van der Waals surface area contributed by atoms with E-state index in [1.165, 1.54) is 0 Å². The van der Waals surface area contributed by atoms with Crippen LogP contribution in [0.2, 0.25) is 5.02 Å². The molecule has 1 atom stereocenters. The summed E-state index contributed by atoms with van der Waals surface area (Å²) in [5, 5.41) is 3.29. The molecule has 0 aliphatic carbocycles. The van der Waals surface area contributed by atoms with Crippen molar-refractivity contribution in [1.29, 1.82) is 0 Å². The lowest BCUT2D eigenvalue weighted by Gasteiger charge is -2.07. The zero-order valence-electron chi connectivity index (χ0n) is 9.07. The van der Waals surface area contributed by atoms with E-state index in [0.717, 1.165) is 0 Å². The molecule has 0 radical (unpaired) electrons. The van der Waals surface area contributed by atoms with Crippen molar-refractivity contribution < 1.29 is 4.79 Å². The van der Waals surface area contributed by atoms with E-state index in [2.05, 4.69) is 5.32 Å². The molecule has 0 bridgehead atoms. The second kappa shape index (κ2) is 7.49. The third-order valence-corrected chi connectivity index (χ3v) is 2.30. The molecule has 1 rings (SSSR count). The van der Waals surface area contributed by atoms with E-state index in [4.69, 9.17) is 17.3 Å². The van der Waals surface area contributed by atoms with Crippen LogP contribution in [0.5, 0.6) is 0 Å². The minimum Gasteiger partial charge on any atom is -0.328 e. The molecule has 3 N–H and O–H groups in total. The molecule has 90 valence electrons. The first-order valence-corrected chi connectivity index (χ1v) is 5.27. The molecule has 1 aromatic carbocycles. The van der Waals surface area contributed by atoms with Gasteiger partial charge < -0.3 is 11.1 Å². The van der Waals surface area contributed by atoms with Gasteiger partial charge in [-0.05, 0) is 25.5 Å². The molecule has 0 aliphatic rings. The van der Waals surface area contributed by atoms with E-state index in [9.17, 15) is 4.79 Å². The van der Waals surface area contributed by atoms with Gasteiger partial charge in [0.25, 0.3) is 0 Å². The summed E-state index contributed by atoms with van der Waals surface area (Å²) in [5.41, 5.74) is 6.20. The fourth-order valence-corrected chi connectivity index (χ4v) is 1.32. The van der Waals surface area contributed by atoms with Gasteiger partial charge in [0.05, 0.1) is 10.7 Å². The highest BCUT2D eigenvalue weighted by Crippen LogP contribution is 2.20. The first-order chi connectivity index (χ1) is 7.09. The van der Waals surface area contributed by atoms with Crippen molar-refractivity contribution in [2.75, 3.05) is 5.32 Å². The minimum absolute atomic E-state index is 0. The second-order valence-corrected chi connectivity index (χ2v) is 3.95.